The molecular weight excluding hydrogens is 1280 g/mol. The van der Waals surface area contributed by atoms with Gasteiger partial charge in [-0.1, -0.05) is 155 Å². The number of hydrogen-bond acceptors (Lipinski definition) is 10. The molecule has 0 radical (unpaired) electrons. The average Bonchev–Trinajstić information content (AvgIpc) is 1.51. The molecule has 12 nitrogen and oxygen atoms in total. The summed E-state index contributed by atoms with van der Waals surface area (Å²) in [7, 11) is 0. The SMILES string of the molecule is [2H]c1c([2H])c(C([2H])([2H])Sc2nc(=O)c3c(n2C([2H])([2H])C(=O)N(CCN(CC)CC)Cc2c([2H])c([2H])c(-c4c([2H])c([2H])c(C(F)(F)F)c(C)c4[2H])c([2H])c2[2H])CCC3)c([2H])c([2H])c1F.[2H]c1c([2H])c(C([2H])([2H])Sc2nc(=O)c3c(n2C([2H])([2H])C(=O)N(CCN(CC)CC)Cc2ccc(-c4ccc(C(F)(F)F)cc4)cc2)C([2H])([2H])C([2H])(C)C3([2H])[2H])c([2H])c([2H])c1F. The molecule has 508 valence electrons. The average molecular weight is 1390 g/mol. The van der Waals surface area contributed by atoms with Crippen LogP contribution in [0.2, 0.25) is 0 Å². The van der Waals surface area contributed by atoms with Gasteiger partial charge in [0, 0.05) is 85.5 Å². The first-order chi connectivity index (χ1) is 57.1. The third-order valence-electron chi connectivity index (χ3n) is 15.0. The van der Waals surface area contributed by atoms with E-state index >= 15 is 0 Å². The minimum atomic E-state index is -5.13. The molecule has 22 heteroatoms. The number of thioether (sulfide) groups is 2. The van der Waals surface area contributed by atoms with Crippen LogP contribution in [0.1, 0.15) is 141 Å². The largest absolute Gasteiger partial charge is 0.416 e. The van der Waals surface area contributed by atoms with Crippen molar-refractivity contribution in [2.45, 2.75) is 134 Å². The zero-order valence-corrected chi connectivity index (χ0v) is 54.0. The predicted octanol–water partition coefficient (Wildman–Crippen LogP) is 15.0. The lowest BCUT2D eigenvalue weighted by Gasteiger charge is -2.28. The van der Waals surface area contributed by atoms with E-state index in [0.717, 1.165) is 35.8 Å². The van der Waals surface area contributed by atoms with E-state index in [4.69, 9.17) is 32.9 Å². The monoisotopic (exact) mass is 1390 g/mol. The smallest absolute Gasteiger partial charge is 0.336 e. The molecular formula is C74H80F8N8O4S2. The van der Waals surface area contributed by atoms with Gasteiger partial charge in [-0.15, -0.1) is 0 Å². The zero-order valence-electron chi connectivity index (χ0n) is 80.4. The van der Waals surface area contributed by atoms with E-state index in [9.17, 15) is 59.8 Å². The quantitative estimate of drug-likeness (QED) is 0.0295. The molecule has 1 unspecified atom stereocenters. The van der Waals surface area contributed by atoms with Crippen LogP contribution >= 0.6 is 23.5 Å². The molecule has 8 aromatic rings. The molecule has 2 aliphatic carbocycles. The Kier molecular flexibility index (Phi) is 14.9. The van der Waals surface area contributed by atoms with Crippen molar-refractivity contribution in [2.75, 3.05) is 52.4 Å². The number of likely N-dealkylation sites (N-methyl/N-ethyl adjacent to an activating group) is 2. The number of alkyl halides is 6. The lowest BCUT2D eigenvalue weighted by atomic mass is 9.98. The summed E-state index contributed by atoms with van der Waals surface area (Å²) >= 11 is -0.251. The highest BCUT2D eigenvalue weighted by Crippen LogP contribution is 2.36. The van der Waals surface area contributed by atoms with E-state index in [1.165, 1.54) is 12.1 Å². The van der Waals surface area contributed by atoms with Crippen LogP contribution in [0.15, 0.2) is 159 Å². The number of hydrogen-bond donors (Lipinski definition) is 0. The number of carbonyl (C=O) groups excluding carboxylic acids is 2. The van der Waals surface area contributed by atoms with Crippen LogP contribution in [0.25, 0.3) is 22.3 Å². The highest BCUT2D eigenvalue weighted by Gasteiger charge is 2.34. The highest BCUT2D eigenvalue weighted by molar-refractivity contribution is 7.98. The lowest BCUT2D eigenvalue weighted by Crippen LogP contribution is -2.40. The Balaban J connectivity index is 0.000000281. The number of carbonyl (C=O) groups is 2. The van der Waals surface area contributed by atoms with E-state index in [1.807, 2.05) is 23.6 Å². The van der Waals surface area contributed by atoms with Crippen LogP contribution in [0, 0.1) is 24.5 Å². The van der Waals surface area contributed by atoms with Gasteiger partial charge in [-0.05, 0) is 163 Å². The maximum atomic E-state index is 14.8. The summed E-state index contributed by atoms with van der Waals surface area (Å²) in [6, 6.07) is -5.83. The molecule has 6 aromatic carbocycles. The highest BCUT2D eigenvalue weighted by atomic mass is 32.2. The van der Waals surface area contributed by atoms with Crippen molar-refractivity contribution < 1.29 is 83.1 Å². The third kappa shape index (κ3) is 19.0. The van der Waals surface area contributed by atoms with Crippen molar-refractivity contribution in [1.82, 2.24) is 38.7 Å². The lowest BCUT2D eigenvalue weighted by molar-refractivity contribution is -0.138. The minimum absolute atomic E-state index is 0.00403. The molecule has 0 spiro atoms. The Morgan fingerprint density at radius 3 is 1.52 bits per heavy atom. The molecule has 2 amide bonds. The Morgan fingerprint density at radius 1 is 0.573 bits per heavy atom. The van der Waals surface area contributed by atoms with Crippen LogP contribution in [-0.4, -0.2) is 103 Å². The maximum Gasteiger partial charge on any atom is 0.416 e. The first kappa shape index (κ1) is 43.4. The Labute approximate surface area is 603 Å². The molecule has 2 aliphatic rings. The summed E-state index contributed by atoms with van der Waals surface area (Å²) in [6.45, 7) is 2.59. The van der Waals surface area contributed by atoms with E-state index in [-0.39, 0.29) is 91.3 Å². The van der Waals surface area contributed by atoms with Crippen molar-refractivity contribution in [3.8, 4) is 22.3 Å². The van der Waals surface area contributed by atoms with Gasteiger partial charge in [-0.25, -0.2) is 8.78 Å². The number of rotatable bonds is 26. The molecule has 0 N–H and O–H groups in total. The normalized spacial score (nSPS) is 20.2. The topological polar surface area (TPSA) is 117 Å². The second kappa shape index (κ2) is 32.9. The van der Waals surface area contributed by atoms with E-state index < -0.39 is 253 Å². The number of benzene rings is 6. The summed E-state index contributed by atoms with van der Waals surface area (Å²) in [6.07, 6.45) is -15.8. The third-order valence-corrected chi connectivity index (χ3v) is 16.6. The second-order valence-corrected chi connectivity index (χ2v) is 22.9. The van der Waals surface area contributed by atoms with E-state index in [0.29, 0.717) is 47.4 Å². The number of fused-ring (bicyclic) bond motifs is 2. The Bertz CT molecular complexity index is 5550. The fourth-order valence-electron chi connectivity index (χ4n) is 9.86. The first-order valence-electron chi connectivity index (χ1n) is 43.9. The molecule has 0 aliphatic heterocycles. The summed E-state index contributed by atoms with van der Waals surface area (Å²) < 4.78 is 353. The van der Waals surface area contributed by atoms with E-state index in [2.05, 4.69) is 9.97 Å². The molecule has 10 rings (SSSR count). The number of nitrogens with zero attached hydrogens (tertiary/aromatic N) is 8. The van der Waals surface area contributed by atoms with Crippen molar-refractivity contribution in [1.29, 1.82) is 0 Å². The van der Waals surface area contributed by atoms with Gasteiger partial charge in [0.2, 0.25) is 11.8 Å². The van der Waals surface area contributed by atoms with Crippen LogP contribution in [0.5, 0.6) is 0 Å². The zero-order chi connectivity index (χ0) is 93.6. The molecule has 0 saturated heterocycles. The number of halogens is 8. The maximum absolute atomic E-state index is 14.8. The minimum Gasteiger partial charge on any atom is -0.336 e. The summed E-state index contributed by atoms with van der Waals surface area (Å²) in [5, 5.41) is -1.87. The fraction of sp³-hybridized carbons (Fsp3) is 0.378. The summed E-state index contributed by atoms with van der Waals surface area (Å²) in [5.41, 5.74) is -16.9. The summed E-state index contributed by atoms with van der Waals surface area (Å²) in [4.78, 5) is 69.8. The molecule has 2 aromatic heterocycles. The molecule has 2 heterocycles. The van der Waals surface area contributed by atoms with Gasteiger partial charge in [-0.2, -0.15) is 36.3 Å². The van der Waals surface area contributed by atoms with Gasteiger partial charge in [0.05, 0.1) is 37.2 Å². The van der Waals surface area contributed by atoms with Crippen molar-refractivity contribution in [2.24, 2.45) is 5.89 Å². The Hall–Kier alpha value is -7.92. The van der Waals surface area contributed by atoms with Crippen LogP contribution in [0.3, 0.4) is 0 Å². The van der Waals surface area contributed by atoms with Crippen LogP contribution < -0.4 is 11.1 Å². The molecule has 1 atom stereocenters. The molecule has 0 fully saturated rings. The van der Waals surface area contributed by atoms with Crippen molar-refractivity contribution in [3.63, 3.8) is 0 Å². The molecule has 0 saturated carbocycles. The van der Waals surface area contributed by atoms with Gasteiger partial charge in [0.25, 0.3) is 11.1 Å². The van der Waals surface area contributed by atoms with E-state index in [1.54, 1.807) is 38.1 Å². The van der Waals surface area contributed by atoms with Gasteiger partial charge in [-0.3, -0.25) is 19.2 Å². The van der Waals surface area contributed by atoms with Crippen LogP contribution in [-0.2, 0) is 85.0 Å². The van der Waals surface area contributed by atoms with Gasteiger partial charge in [0.1, 0.15) is 24.6 Å². The molecule has 96 heavy (non-hydrogen) atoms. The van der Waals surface area contributed by atoms with Gasteiger partial charge in [0.15, 0.2) is 10.3 Å². The van der Waals surface area contributed by atoms with Gasteiger partial charge >= 0.3 is 12.4 Å². The van der Waals surface area contributed by atoms with Crippen molar-refractivity contribution >= 4 is 35.3 Å². The van der Waals surface area contributed by atoms with Crippen molar-refractivity contribution in [3.05, 3.63) is 233 Å². The number of aromatic nitrogens is 4. The fourth-order valence-corrected chi connectivity index (χ4v) is 11.2. The predicted molar refractivity (Wildman–Crippen MR) is 362 cm³/mol. The number of amides is 2. The van der Waals surface area contributed by atoms with Gasteiger partial charge < -0.3 is 28.7 Å². The molecule has 0 bridgehead atoms. The first-order valence-corrected chi connectivity index (χ1v) is 31.5. The summed E-state index contributed by atoms with van der Waals surface area (Å²) in [5.74, 6) is -8.84. The Morgan fingerprint density at radius 2 is 1.03 bits per heavy atom. The second-order valence-electron chi connectivity index (χ2n) is 21.3. The van der Waals surface area contributed by atoms with Crippen LogP contribution in [0.4, 0.5) is 35.1 Å². The standard InChI is InChI=1S/2C37H40F4N4O2S/c1-4-43(5-2)18-19-44(22-26-6-10-28(11-7-26)29-12-14-30(15-13-29)37(39,40)41)34(46)23-45-33-21-25(3)20-32(33)35(47)42-36(45)48-24-27-8-16-31(38)17-9-27;1-4-43(5-2)19-20-44(22-26-9-13-28(14-10-26)29-15-18-32(25(3)21-29)37(39,40)41)34(46)23-45-33-8-6-7-31(33)35(47)42-36(45)48-24-27-11-16-30(38)17-12-27/h6-17,25H,4-5,18-24H2,1-3H3;9-18,21H,4-8,19-20,22-24H2,1-3H3/i8D,9D,16D,17D,20D2,21D2,23D2,24D2,25D;9D,10D,11D,12D,13D,14D,15D,16D,17D,18D,21D,23D2,24D2.